The van der Waals surface area contributed by atoms with E-state index in [4.69, 9.17) is 4.74 Å². The molecule has 0 aromatic carbocycles. The van der Waals surface area contributed by atoms with Crippen molar-refractivity contribution in [2.75, 3.05) is 19.7 Å². The van der Waals surface area contributed by atoms with Crippen LogP contribution >= 0.6 is 0 Å². The van der Waals surface area contributed by atoms with Crippen LogP contribution in [0.25, 0.3) is 0 Å². The minimum absolute atomic E-state index is 0.500. The van der Waals surface area contributed by atoms with E-state index >= 15 is 0 Å². The van der Waals surface area contributed by atoms with Gasteiger partial charge in [-0.15, -0.1) is 0 Å². The number of likely N-dealkylation sites (tertiary alicyclic amines) is 1. The van der Waals surface area contributed by atoms with E-state index in [9.17, 15) is 0 Å². The zero-order valence-electron chi connectivity index (χ0n) is 10.1. The van der Waals surface area contributed by atoms with Gasteiger partial charge in [-0.1, -0.05) is 13.0 Å². The van der Waals surface area contributed by atoms with Crippen molar-refractivity contribution in [3.63, 3.8) is 0 Å². The summed E-state index contributed by atoms with van der Waals surface area (Å²) < 4.78 is 5.60. The average Bonchev–Trinajstić information content (AvgIpc) is 2.78. The summed E-state index contributed by atoms with van der Waals surface area (Å²) in [6.07, 6.45) is 4.30. The molecule has 0 radical (unpaired) electrons. The van der Waals surface area contributed by atoms with Crippen LogP contribution in [0.5, 0.6) is 5.88 Å². The summed E-state index contributed by atoms with van der Waals surface area (Å²) >= 11 is 0. The number of hydrogen-bond acceptors (Lipinski definition) is 3. The summed E-state index contributed by atoms with van der Waals surface area (Å²) in [5, 5.41) is 0. The third-order valence-electron chi connectivity index (χ3n) is 3.21. The van der Waals surface area contributed by atoms with E-state index in [0.29, 0.717) is 12.6 Å². The van der Waals surface area contributed by atoms with Gasteiger partial charge >= 0.3 is 0 Å². The summed E-state index contributed by atoms with van der Waals surface area (Å²) in [6, 6.07) is 4.65. The van der Waals surface area contributed by atoms with Gasteiger partial charge in [0.2, 0.25) is 5.88 Å². The molecule has 16 heavy (non-hydrogen) atoms. The highest BCUT2D eigenvalue weighted by Crippen LogP contribution is 2.35. The maximum atomic E-state index is 5.60. The van der Waals surface area contributed by atoms with Gasteiger partial charge in [-0.3, -0.25) is 4.90 Å². The molecular weight excluding hydrogens is 200 g/mol. The summed E-state index contributed by atoms with van der Waals surface area (Å²) in [5.41, 5.74) is 1.25. The van der Waals surface area contributed by atoms with Crippen LogP contribution in [-0.4, -0.2) is 29.6 Å². The first-order chi connectivity index (χ1) is 7.86. The average molecular weight is 220 g/mol. The fourth-order valence-electron chi connectivity index (χ4n) is 2.47. The highest BCUT2D eigenvalue weighted by Gasteiger charge is 2.27. The summed E-state index contributed by atoms with van der Waals surface area (Å²) in [5.74, 6) is 0.815. The second kappa shape index (κ2) is 5.30. The third kappa shape index (κ3) is 2.19. The Morgan fingerprint density at radius 3 is 3.12 bits per heavy atom. The minimum atomic E-state index is 0.500. The monoisotopic (exact) mass is 220 g/mol. The lowest BCUT2D eigenvalue weighted by atomic mass is 10.1. The van der Waals surface area contributed by atoms with Gasteiger partial charge in [0.05, 0.1) is 6.61 Å². The Balaban J connectivity index is 2.24. The summed E-state index contributed by atoms with van der Waals surface area (Å²) in [6.45, 7) is 7.20. The second-order valence-electron chi connectivity index (χ2n) is 4.12. The first-order valence-corrected chi connectivity index (χ1v) is 6.18. The van der Waals surface area contributed by atoms with Crippen LogP contribution in [0.1, 0.15) is 38.3 Å². The molecule has 3 nitrogen and oxygen atoms in total. The Bertz CT molecular complexity index is 340. The van der Waals surface area contributed by atoms with Crippen molar-refractivity contribution in [1.29, 1.82) is 0 Å². The molecule has 1 saturated heterocycles. The van der Waals surface area contributed by atoms with Crippen LogP contribution in [0.3, 0.4) is 0 Å². The van der Waals surface area contributed by atoms with Crippen molar-refractivity contribution in [3.8, 4) is 5.88 Å². The van der Waals surface area contributed by atoms with Crippen LogP contribution in [-0.2, 0) is 0 Å². The maximum absolute atomic E-state index is 5.60. The van der Waals surface area contributed by atoms with Crippen molar-refractivity contribution in [2.45, 2.75) is 32.7 Å². The zero-order valence-corrected chi connectivity index (χ0v) is 10.1. The van der Waals surface area contributed by atoms with Crippen LogP contribution < -0.4 is 4.74 Å². The molecule has 0 saturated carbocycles. The fraction of sp³-hybridized carbons (Fsp3) is 0.615. The van der Waals surface area contributed by atoms with Crippen molar-refractivity contribution in [1.82, 2.24) is 9.88 Å². The van der Waals surface area contributed by atoms with Crippen LogP contribution in [0.4, 0.5) is 0 Å². The molecule has 0 bridgehead atoms. The molecule has 1 atom stereocenters. The predicted molar refractivity (Wildman–Crippen MR) is 64.6 cm³/mol. The molecule has 1 aromatic rings. The van der Waals surface area contributed by atoms with E-state index in [1.807, 2.05) is 13.0 Å². The van der Waals surface area contributed by atoms with E-state index in [-0.39, 0.29) is 0 Å². The van der Waals surface area contributed by atoms with Crippen molar-refractivity contribution in [3.05, 3.63) is 23.9 Å². The minimum Gasteiger partial charge on any atom is -0.478 e. The number of rotatable bonds is 4. The van der Waals surface area contributed by atoms with Gasteiger partial charge in [0.1, 0.15) is 0 Å². The molecule has 1 fully saturated rings. The second-order valence-corrected chi connectivity index (χ2v) is 4.12. The lowest BCUT2D eigenvalue weighted by Gasteiger charge is -2.24. The maximum Gasteiger partial charge on any atom is 0.218 e. The molecule has 0 amide bonds. The Hall–Kier alpha value is -1.09. The lowest BCUT2D eigenvalue weighted by molar-refractivity contribution is 0.255. The van der Waals surface area contributed by atoms with Crippen molar-refractivity contribution >= 4 is 0 Å². The highest BCUT2D eigenvalue weighted by molar-refractivity contribution is 5.29. The van der Waals surface area contributed by atoms with Gasteiger partial charge in [0, 0.05) is 17.8 Å². The smallest absolute Gasteiger partial charge is 0.218 e. The highest BCUT2D eigenvalue weighted by atomic mass is 16.5. The van der Waals surface area contributed by atoms with Gasteiger partial charge in [-0.2, -0.15) is 0 Å². The Kier molecular flexibility index (Phi) is 3.78. The quantitative estimate of drug-likeness (QED) is 0.780. The molecule has 2 rings (SSSR count). The zero-order chi connectivity index (χ0) is 11.4. The number of ether oxygens (including phenoxy) is 1. The summed E-state index contributed by atoms with van der Waals surface area (Å²) in [7, 11) is 0. The molecule has 0 unspecified atom stereocenters. The largest absolute Gasteiger partial charge is 0.478 e. The molecule has 3 heteroatoms. The number of pyridine rings is 1. The Morgan fingerprint density at radius 1 is 1.50 bits per heavy atom. The molecular formula is C13H20N2O. The van der Waals surface area contributed by atoms with Gasteiger partial charge in [0.25, 0.3) is 0 Å². The van der Waals surface area contributed by atoms with Crippen LogP contribution in [0.2, 0.25) is 0 Å². The van der Waals surface area contributed by atoms with Crippen molar-refractivity contribution in [2.24, 2.45) is 0 Å². The van der Waals surface area contributed by atoms with E-state index in [2.05, 4.69) is 22.9 Å². The first-order valence-electron chi connectivity index (χ1n) is 6.18. The Morgan fingerprint density at radius 2 is 2.38 bits per heavy atom. The normalized spacial score (nSPS) is 21.2. The number of nitrogens with zero attached hydrogens (tertiary/aromatic N) is 2. The fourth-order valence-corrected chi connectivity index (χ4v) is 2.47. The van der Waals surface area contributed by atoms with Crippen LogP contribution in [0.15, 0.2) is 18.3 Å². The molecule has 0 aliphatic carbocycles. The van der Waals surface area contributed by atoms with Gasteiger partial charge in [-0.05, 0) is 38.9 Å². The van der Waals surface area contributed by atoms with Crippen molar-refractivity contribution < 1.29 is 4.74 Å². The molecule has 88 valence electrons. The first kappa shape index (κ1) is 11.4. The van der Waals surface area contributed by atoms with Gasteiger partial charge < -0.3 is 4.74 Å². The van der Waals surface area contributed by atoms with E-state index in [1.54, 1.807) is 6.20 Å². The van der Waals surface area contributed by atoms with Gasteiger partial charge in [0.15, 0.2) is 0 Å². The standard InChI is InChI=1S/C13H20N2O/c1-3-15-10-6-8-12(15)11-7-5-9-14-13(11)16-4-2/h5,7,9,12H,3-4,6,8,10H2,1-2H3/t12-/m1/s1. The number of hydrogen-bond donors (Lipinski definition) is 0. The Labute approximate surface area is 97.4 Å². The van der Waals surface area contributed by atoms with Crippen LogP contribution in [0, 0.1) is 0 Å². The third-order valence-corrected chi connectivity index (χ3v) is 3.21. The van der Waals surface area contributed by atoms with E-state index in [1.165, 1.54) is 24.9 Å². The van der Waals surface area contributed by atoms with E-state index in [0.717, 1.165) is 12.4 Å². The summed E-state index contributed by atoms with van der Waals surface area (Å²) in [4.78, 5) is 6.83. The molecule has 1 aliphatic heterocycles. The topological polar surface area (TPSA) is 25.4 Å². The molecule has 1 aliphatic rings. The lowest BCUT2D eigenvalue weighted by Crippen LogP contribution is -2.23. The van der Waals surface area contributed by atoms with E-state index < -0.39 is 0 Å². The SMILES string of the molecule is CCOc1ncccc1[C@H]1CCCN1CC. The molecule has 2 heterocycles. The predicted octanol–water partition coefficient (Wildman–Crippen LogP) is 2.64. The van der Waals surface area contributed by atoms with Gasteiger partial charge in [-0.25, -0.2) is 4.98 Å². The number of aromatic nitrogens is 1. The molecule has 1 aromatic heterocycles. The molecule has 0 N–H and O–H groups in total. The molecule has 0 spiro atoms.